The Morgan fingerprint density at radius 1 is 0.914 bits per heavy atom. The van der Waals surface area contributed by atoms with E-state index in [9.17, 15) is 9.59 Å². The van der Waals surface area contributed by atoms with E-state index >= 15 is 0 Å². The van der Waals surface area contributed by atoms with Crippen molar-refractivity contribution in [1.82, 2.24) is 5.32 Å². The molecule has 2 aromatic rings. The largest absolute Gasteiger partial charge is 0.481 e. The number of rotatable bonds is 15. The third-order valence-electron chi connectivity index (χ3n) is 5.96. The van der Waals surface area contributed by atoms with Crippen molar-refractivity contribution < 1.29 is 14.7 Å². The number of benzene rings is 2. The number of hydrogen-bond donors (Lipinski definition) is 3. The molecule has 0 aliphatic heterocycles. The third kappa shape index (κ3) is 10.6. The van der Waals surface area contributed by atoms with Crippen LogP contribution in [0.4, 0.5) is 16.2 Å². The highest BCUT2D eigenvalue weighted by Gasteiger charge is 2.13. The predicted octanol–water partition coefficient (Wildman–Crippen LogP) is 7.12. The first kappa shape index (κ1) is 30.3. The summed E-state index contributed by atoms with van der Waals surface area (Å²) >= 11 is 0. The standard InChI is InChI=1S/C28H41N3O3.ClH/c1-4-6-8-9-10-19-30-28(34)31(3)24-13-11-12-23(21-24)25-16-14-22(15-17-27(32)33)20-26(25)29-18-7-5-2;/h11-14,16,20-21,29H,4-10,15,17-19H2,1-3H3,(H,30,34)(H,32,33);1H. The molecular formula is C28H42ClN3O3. The Morgan fingerprint density at radius 3 is 2.37 bits per heavy atom. The number of halogens is 1. The number of carbonyl (C=O) groups excluding carboxylic acids is 1. The Bertz CT molecular complexity index is 920. The van der Waals surface area contributed by atoms with E-state index in [4.69, 9.17) is 5.11 Å². The second kappa shape index (κ2) is 16.8. The second-order valence-electron chi connectivity index (χ2n) is 8.81. The molecule has 194 valence electrons. The van der Waals surface area contributed by atoms with Crippen LogP contribution in [-0.2, 0) is 11.2 Å². The number of carbonyl (C=O) groups is 2. The number of aryl methyl sites for hydroxylation is 1. The lowest BCUT2D eigenvalue weighted by atomic mass is 9.99. The molecule has 2 aromatic carbocycles. The maximum Gasteiger partial charge on any atom is 0.321 e. The van der Waals surface area contributed by atoms with E-state index in [1.807, 2.05) is 36.4 Å². The van der Waals surface area contributed by atoms with E-state index < -0.39 is 5.97 Å². The zero-order valence-corrected chi connectivity index (χ0v) is 22.3. The summed E-state index contributed by atoms with van der Waals surface area (Å²) in [5.74, 6) is -0.792. The molecule has 0 aliphatic carbocycles. The number of urea groups is 1. The maximum absolute atomic E-state index is 12.6. The van der Waals surface area contributed by atoms with Crippen molar-refractivity contribution in [1.29, 1.82) is 0 Å². The third-order valence-corrected chi connectivity index (χ3v) is 5.96. The van der Waals surface area contributed by atoms with Gasteiger partial charge in [0.1, 0.15) is 0 Å². The monoisotopic (exact) mass is 503 g/mol. The highest BCUT2D eigenvalue weighted by atomic mass is 35.5. The minimum Gasteiger partial charge on any atom is -0.481 e. The van der Waals surface area contributed by atoms with E-state index in [0.717, 1.165) is 60.3 Å². The first-order valence-electron chi connectivity index (χ1n) is 12.7. The van der Waals surface area contributed by atoms with Gasteiger partial charge in [-0.25, -0.2) is 4.79 Å². The summed E-state index contributed by atoms with van der Waals surface area (Å²) in [6, 6.07) is 14.0. The summed E-state index contributed by atoms with van der Waals surface area (Å²) in [6.07, 6.45) is 8.58. The van der Waals surface area contributed by atoms with E-state index in [1.54, 1.807) is 11.9 Å². The molecule has 6 nitrogen and oxygen atoms in total. The van der Waals surface area contributed by atoms with Gasteiger partial charge >= 0.3 is 12.0 Å². The van der Waals surface area contributed by atoms with Gasteiger partial charge in [0, 0.05) is 43.5 Å². The van der Waals surface area contributed by atoms with Crippen LogP contribution in [0.3, 0.4) is 0 Å². The average Bonchev–Trinajstić information content (AvgIpc) is 2.84. The van der Waals surface area contributed by atoms with E-state index in [-0.39, 0.29) is 24.9 Å². The molecule has 35 heavy (non-hydrogen) atoms. The molecule has 0 unspecified atom stereocenters. The van der Waals surface area contributed by atoms with Gasteiger partial charge in [-0.3, -0.25) is 9.69 Å². The molecule has 0 spiro atoms. The summed E-state index contributed by atoms with van der Waals surface area (Å²) in [5.41, 5.74) is 4.88. The number of carboxylic acids is 1. The summed E-state index contributed by atoms with van der Waals surface area (Å²) in [5, 5.41) is 15.6. The van der Waals surface area contributed by atoms with E-state index in [1.165, 1.54) is 19.3 Å². The normalized spacial score (nSPS) is 10.4. The lowest BCUT2D eigenvalue weighted by Crippen LogP contribution is -2.37. The molecule has 0 saturated heterocycles. The number of nitrogens with one attached hydrogen (secondary N) is 2. The van der Waals surface area contributed by atoms with Crippen molar-refractivity contribution in [2.45, 2.75) is 71.6 Å². The predicted molar refractivity (Wildman–Crippen MR) is 149 cm³/mol. The zero-order chi connectivity index (χ0) is 24.8. The van der Waals surface area contributed by atoms with Crippen molar-refractivity contribution in [3.8, 4) is 11.1 Å². The quantitative estimate of drug-likeness (QED) is 0.226. The fourth-order valence-corrected chi connectivity index (χ4v) is 3.84. The number of aliphatic carboxylic acids is 1. The van der Waals surface area contributed by atoms with Gasteiger partial charge in [0.25, 0.3) is 0 Å². The van der Waals surface area contributed by atoms with Gasteiger partial charge in [-0.2, -0.15) is 0 Å². The molecule has 0 radical (unpaired) electrons. The molecule has 2 rings (SSSR count). The fourth-order valence-electron chi connectivity index (χ4n) is 3.84. The van der Waals surface area contributed by atoms with Gasteiger partial charge in [0.15, 0.2) is 0 Å². The lowest BCUT2D eigenvalue weighted by molar-refractivity contribution is -0.136. The van der Waals surface area contributed by atoms with Crippen molar-refractivity contribution in [2.75, 3.05) is 30.4 Å². The molecule has 3 N–H and O–H groups in total. The molecule has 0 aliphatic rings. The molecular weight excluding hydrogens is 462 g/mol. The van der Waals surface area contributed by atoms with Crippen molar-refractivity contribution >= 4 is 35.8 Å². The van der Waals surface area contributed by atoms with Crippen molar-refractivity contribution in [3.05, 3.63) is 48.0 Å². The molecule has 2 amide bonds. The Balaban J connectivity index is 0.00000612. The number of amides is 2. The van der Waals surface area contributed by atoms with Crippen molar-refractivity contribution in [3.63, 3.8) is 0 Å². The molecule has 0 saturated carbocycles. The topological polar surface area (TPSA) is 81.7 Å². The molecule has 0 aromatic heterocycles. The van der Waals surface area contributed by atoms with E-state index in [2.05, 4.69) is 30.5 Å². The SMILES string of the molecule is CCCCCCCNC(=O)N(C)c1cccc(-c2ccc(CCC(=O)O)cc2NCCCC)c1.Cl. The minimum absolute atomic E-state index is 0. The second-order valence-corrected chi connectivity index (χ2v) is 8.81. The van der Waals surface area contributed by atoms with Gasteiger partial charge < -0.3 is 15.7 Å². The Morgan fingerprint density at radius 2 is 1.66 bits per heavy atom. The first-order chi connectivity index (χ1) is 16.5. The van der Waals surface area contributed by atoms with E-state index in [0.29, 0.717) is 13.0 Å². The number of carboxylic acid groups (broad SMARTS) is 1. The fraction of sp³-hybridized carbons (Fsp3) is 0.500. The smallest absolute Gasteiger partial charge is 0.321 e. The molecule has 7 heteroatoms. The Labute approximate surface area is 216 Å². The van der Waals surface area contributed by atoms with Gasteiger partial charge in [-0.1, -0.05) is 70.2 Å². The number of hydrogen-bond acceptors (Lipinski definition) is 3. The van der Waals surface area contributed by atoms with Crippen LogP contribution >= 0.6 is 12.4 Å². The van der Waals surface area contributed by atoms with Crippen LogP contribution in [0.15, 0.2) is 42.5 Å². The van der Waals surface area contributed by atoms with Crippen LogP contribution in [0.2, 0.25) is 0 Å². The minimum atomic E-state index is -0.792. The lowest BCUT2D eigenvalue weighted by Gasteiger charge is -2.20. The number of unbranched alkanes of at least 4 members (excludes halogenated alkanes) is 5. The summed E-state index contributed by atoms with van der Waals surface area (Å²) in [7, 11) is 1.79. The van der Waals surface area contributed by atoms with Crippen LogP contribution in [0.1, 0.15) is 70.8 Å². The first-order valence-corrected chi connectivity index (χ1v) is 12.7. The number of nitrogens with zero attached hydrogens (tertiary/aromatic N) is 1. The highest BCUT2D eigenvalue weighted by molar-refractivity contribution is 5.92. The average molecular weight is 504 g/mol. The van der Waals surface area contributed by atoms with Gasteiger partial charge in [-0.05, 0) is 48.6 Å². The Kier molecular flexibility index (Phi) is 14.6. The van der Waals surface area contributed by atoms with Crippen molar-refractivity contribution in [2.24, 2.45) is 0 Å². The zero-order valence-electron chi connectivity index (χ0n) is 21.4. The highest BCUT2D eigenvalue weighted by Crippen LogP contribution is 2.32. The number of anilines is 2. The molecule has 0 bridgehead atoms. The molecule has 0 fully saturated rings. The van der Waals surface area contributed by atoms with Crippen LogP contribution in [0.25, 0.3) is 11.1 Å². The molecule has 0 heterocycles. The van der Waals surface area contributed by atoms with Gasteiger partial charge in [-0.15, -0.1) is 12.4 Å². The van der Waals surface area contributed by atoms with Crippen LogP contribution in [-0.4, -0.2) is 37.2 Å². The van der Waals surface area contributed by atoms with Crippen LogP contribution < -0.4 is 15.5 Å². The van der Waals surface area contributed by atoms with Gasteiger partial charge in [0.2, 0.25) is 0 Å². The maximum atomic E-state index is 12.6. The summed E-state index contributed by atoms with van der Waals surface area (Å²) in [4.78, 5) is 25.3. The summed E-state index contributed by atoms with van der Waals surface area (Å²) in [6.45, 7) is 5.90. The molecule has 0 atom stereocenters. The van der Waals surface area contributed by atoms with Gasteiger partial charge in [0.05, 0.1) is 0 Å². The van der Waals surface area contributed by atoms with Crippen LogP contribution in [0.5, 0.6) is 0 Å². The summed E-state index contributed by atoms with van der Waals surface area (Å²) < 4.78 is 0. The van der Waals surface area contributed by atoms with Crippen LogP contribution in [0, 0.1) is 0 Å². The Hall–Kier alpha value is -2.73.